The Labute approximate surface area is 247 Å². The van der Waals surface area contributed by atoms with Crippen LogP contribution in [0, 0.1) is 0 Å². The van der Waals surface area contributed by atoms with Crippen LogP contribution in [0.4, 0.5) is 5.69 Å². The molecular formula is C35H38NO5P. The quantitative estimate of drug-likeness (QED) is 0.159. The molecule has 0 saturated heterocycles. The number of benzene rings is 3. The van der Waals surface area contributed by atoms with Gasteiger partial charge >= 0.3 is 7.60 Å². The monoisotopic (exact) mass is 583 g/mol. The predicted octanol–water partition coefficient (Wildman–Crippen LogP) is 8.05. The topological polar surface area (TPSA) is 72.9 Å². The minimum atomic E-state index is -3.43. The number of carbonyl (C=O) groups excluding carboxylic acids is 2. The molecule has 42 heavy (non-hydrogen) atoms. The van der Waals surface area contributed by atoms with Gasteiger partial charge < -0.3 is 13.9 Å². The Hall–Kier alpha value is -3.31. The van der Waals surface area contributed by atoms with Gasteiger partial charge in [0.25, 0.3) is 0 Å². The highest BCUT2D eigenvalue weighted by molar-refractivity contribution is 7.62. The molecule has 0 bridgehead atoms. The first-order valence-electron chi connectivity index (χ1n) is 15.1. The number of nitrogens with zero attached hydrogens (tertiary/aromatic N) is 1. The Kier molecular flexibility index (Phi) is 7.59. The summed E-state index contributed by atoms with van der Waals surface area (Å²) in [5, 5.41) is 2.60. The lowest BCUT2D eigenvalue weighted by Gasteiger charge is -2.36. The highest BCUT2D eigenvalue weighted by Crippen LogP contribution is 2.54. The number of carbonyl (C=O) groups is 2. The third-order valence-corrected chi connectivity index (χ3v) is 11.1. The first-order valence-corrected chi connectivity index (χ1v) is 16.6. The van der Waals surface area contributed by atoms with E-state index < -0.39 is 7.60 Å². The number of rotatable bonds is 7. The Morgan fingerprint density at radius 3 is 2.14 bits per heavy atom. The molecule has 3 aromatic rings. The standard InChI is InChI=1S/C35H38NO5P/c1-5-40-42(39,41-6-2)25-17-18-26-23(22-25)16-20-30-32(26)36(24-12-8-7-9-13-24)31(35(30,3)4)21-19-29-33(37)27-14-10-11-15-28(27)34(29)38/h10-11,14-22,24H,5-9,12-13H2,1-4H3/b31-21+. The van der Waals surface area contributed by atoms with E-state index in [0.29, 0.717) is 35.7 Å². The van der Waals surface area contributed by atoms with Crippen LogP contribution < -0.4 is 10.2 Å². The summed E-state index contributed by atoms with van der Waals surface area (Å²) in [4.78, 5) is 28.8. The average Bonchev–Trinajstić information content (AvgIpc) is 3.37. The van der Waals surface area contributed by atoms with Gasteiger partial charge in [-0.2, -0.15) is 0 Å². The van der Waals surface area contributed by atoms with Gasteiger partial charge in [0.1, 0.15) is 0 Å². The first kappa shape index (κ1) is 28.8. The Bertz CT molecular complexity index is 1650. The summed E-state index contributed by atoms with van der Waals surface area (Å²) in [5.74, 6) is -0.424. The van der Waals surface area contributed by atoms with Crippen molar-refractivity contribution < 1.29 is 23.2 Å². The van der Waals surface area contributed by atoms with Gasteiger partial charge in [-0.1, -0.05) is 75.6 Å². The molecule has 218 valence electrons. The van der Waals surface area contributed by atoms with E-state index in [4.69, 9.17) is 9.05 Å². The summed E-state index contributed by atoms with van der Waals surface area (Å²) in [6, 6.07) is 17.5. The molecule has 0 atom stereocenters. The molecule has 3 aliphatic rings. The first-order chi connectivity index (χ1) is 20.2. The molecular weight excluding hydrogens is 545 g/mol. The van der Waals surface area contributed by atoms with Crippen LogP contribution in [0.2, 0.25) is 0 Å². The average molecular weight is 584 g/mol. The zero-order chi connectivity index (χ0) is 29.6. The second-order valence-electron chi connectivity index (χ2n) is 11.8. The molecule has 0 spiro atoms. The lowest BCUT2D eigenvalue weighted by molar-refractivity contribution is 0.0988. The van der Waals surface area contributed by atoms with Crippen LogP contribution in [0.5, 0.6) is 0 Å². The molecule has 3 aromatic carbocycles. The number of allylic oxidation sites excluding steroid dienone is 4. The second-order valence-corrected chi connectivity index (χ2v) is 13.9. The summed E-state index contributed by atoms with van der Waals surface area (Å²) in [5.41, 5.74) is 4.24. The van der Waals surface area contributed by atoms with Gasteiger partial charge in [0.05, 0.1) is 29.8 Å². The van der Waals surface area contributed by atoms with E-state index in [-0.39, 0.29) is 22.6 Å². The molecule has 0 radical (unpaired) electrons. The third kappa shape index (κ3) is 4.61. The van der Waals surface area contributed by atoms with Crippen LogP contribution in [0.25, 0.3) is 10.8 Å². The predicted molar refractivity (Wildman–Crippen MR) is 168 cm³/mol. The number of anilines is 1. The molecule has 0 N–H and O–H groups in total. The highest BCUT2D eigenvalue weighted by Gasteiger charge is 2.44. The molecule has 1 fully saturated rings. The summed E-state index contributed by atoms with van der Waals surface area (Å²) in [7, 11) is -3.43. The number of ketones is 2. The van der Waals surface area contributed by atoms with Gasteiger partial charge in [0.15, 0.2) is 11.6 Å². The van der Waals surface area contributed by atoms with Gasteiger partial charge in [-0.25, -0.2) is 0 Å². The molecule has 0 unspecified atom stereocenters. The number of hydrogen-bond donors (Lipinski definition) is 0. The SMILES string of the molecule is CCOP(=O)(OCC)c1ccc2c3c(ccc2c1)C(C)(C)/C(=C\C=C1C(=O)c2ccccc2C1=O)N3C1CCCCC1. The smallest absolute Gasteiger partial charge is 0.340 e. The molecule has 6 rings (SSSR count). The van der Waals surface area contributed by atoms with Crippen molar-refractivity contribution in [3.63, 3.8) is 0 Å². The summed E-state index contributed by atoms with van der Waals surface area (Å²) < 4.78 is 24.9. The van der Waals surface area contributed by atoms with E-state index in [9.17, 15) is 14.2 Å². The second kappa shape index (κ2) is 11.1. The maximum Gasteiger partial charge on any atom is 0.361 e. The minimum absolute atomic E-state index is 0.212. The lowest BCUT2D eigenvalue weighted by atomic mass is 9.82. The van der Waals surface area contributed by atoms with E-state index in [0.717, 1.165) is 35.0 Å². The third-order valence-electron chi connectivity index (χ3n) is 8.96. The molecule has 7 heteroatoms. The Morgan fingerprint density at radius 2 is 1.52 bits per heavy atom. The van der Waals surface area contributed by atoms with Gasteiger partial charge in [-0.3, -0.25) is 14.2 Å². The lowest BCUT2D eigenvalue weighted by Crippen LogP contribution is -2.37. The molecule has 2 aliphatic carbocycles. The molecule has 1 saturated carbocycles. The van der Waals surface area contributed by atoms with Gasteiger partial charge in [-0.15, -0.1) is 0 Å². The van der Waals surface area contributed by atoms with Gasteiger partial charge in [0.2, 0.25) is 0 Å². The normalized spacial score (nSPS) is 19.6. The number of hydrogen-bond acceptors (Lipinski definition) is 6. The van der Waals surface area contributed by atoms with Crippen LogP contribution in [-0.2, 0) is 19.0 Å². The molecule has 0 amide bonds. The fraction of sp³-hybridized carbons (Fsp3) is 0.371. The van der Waals surface area contributed by atoms with E-state index in [1.807, 2.05) is 38.1 Å². The summed E-state index contributed by atoms with van der Waals surface area (Å²) in [6.07, 6.45) is 9.45. The van der Waals surface area contributed by atoms with Gasteiger partial charge in [-0.05, 0) is 61.9 Å². The number of Topliss-reactive ketones (excluding diaryl/α,β-unsaturated/α-hetero) is 2. The fourth-order valence-corrected chi connectivity index (χ4v) is 8.52. The van der Waals surface area contributed by atoms with Crippen LogP contribution >= 0.6 is 7.60 Å². The van der Waals surface area contributed by atoms with Crippen LogP contribution in [0.15, 0.2) is 78.0 Å². The summed E-state index contributed by atoms with van der Waals surface area (Å²) >= 11 is 0. The zero-order valence-corrected chi connectivity index (χ0v) is 25.7. The van der Waals surface area contributed by atoms with E-state index in [2.05, 4.69) is 30.9 Å². The van der Waals surface area contributed by atoms with Crippen molar-refractivity contribution in [1.82, 2.24) is 0 Å². The Balaban J connectivity index is 1.50. The minimum Gasteiger partial charge on any atom is -0.340 e. The molecule has 0 aromatic heterocycles. The van der Waals surface area contributed by atoms with Crippen LogP contribution in [0.3, 0.4) is 0 Å². The van der Waals surface area contributed by atoms with Crippen molar-refractivity contribution in [3.8, 4) is 0 Å². The van der Waals surface area contributed by atoms with Crippen LogP contribution in [-0.4, -0.2) is 30.8 Å². The molecule has 6 nitrogen and oxygen atoms in total. The fourth-order valence-electron chi connectivity index (χ4n) is 6.91. The molecule has 1 aliphatic heterocycles. The van der Waals surface area contributed by atoms with Crippen molar-refractivity contribution in [2.75, 3.05) is 18.1 Å². The molecule has 1 heterocycles. The van der Waals surface area contributed by atoms with Crippen molar-refractivity contribution in [1.29, 1.82) is 0 Å². The van der Waals surface area contributed by atoms with E-state index in [1.165, 1.54) is 24.8 Å². The van der Waals surface area contributed by atoms with E-state index in [1.54, 1.807) is 30.3 Å². The van der Waals surface area contributed by atoms with Crippen molar-refractivity contribution in [2.45, 2.75) is 71.3 Å². The zero-order valence-electron chi connectivity index (χ0n) is 24.8. The maximum absolute atomic E-state index is 13.6. The largest absolute Gasteiger partial charge is 0.361 e. The summed E-state index contributed by atoms with van der Waals surface area (Å²) in [6.45, 7) is 8.65. The highest BCUT2D eigenvalue weighted by atomic mass is 31.2. The van der Waals surface area contributed by atoms with Crippen molar-refractivity contribution in [3.05, 3.63) is 94.7 Å². The van der Waals surface area contributed by atoms with Crippen LogP contribution in [0.1, 0.15) is 86.1 Å². The van der Waals surface area contributed by atoms with Gasteiger partial charge in [0, 0.05) is 33.7 Å². The van der Waals surface area contributed by atoms with Crippen molar-refractivity contribution in [2.24, 2.45) is 0 Å². The van der Waals surface area contributed by atoms with Crippen molar-refractivity contribution >= 4 is 40.9 Å². The number of fused-ring (bicyclic) bond motifs is 4. The maximum atomic E-state index is 13.6. The van der Waals surface area contributed by atoms with E-state index >= 15 is 0 Å². The Morgan fingerprint density at radius 1 is 0.881 bits per heavy atom.